The molecule has 0 atom stereocenters. The molecule has 0 saturated carbocycles. The normalized spacial score (nSPS) is 11.4. The number of ether oxygens (including phenoxy) is 1. The number of hydrogen-bond acceptors (Lipinski definition) is 3. The van der Waals surface area contributed by atoms with Crippen LogP contribution in [0.25, 0.3) is 0 Å². The summed E-state index contributed by atoms with van der Waals surface area (Å²) in [6.45, 7) is 12.4. The minimum atomic E-state index is 0.464. The maximum Gasteiger partial charge on any atom is 0.0587 e. The van der Waals surface area contributed by atoms with Crippen LogP contribution in [0.15, 0.2) is 18.2 Å². The van der Waals surface area contributed by atoms with Crippen LogP contribution in [0.3, 0.4) is 0 Å². The van der Waals surface area contributed by atoms with Crippen LogP contribution in [0, 0.1) is 5.92 Å². The summed E-state index contributed by atoms with van der Waals surface area (Å²) in [5.74, 6) is 0.623. The van der Waals surface area contributed by atoms with E-state index in [1.165, 1.54) is 11.3 Å². The smallest absolute Gasteiger partial charge is 0.0587 e. The SMILES string of the molecule is COCCNCc1cc(Cl)ccc1N(CC(C)C)C(C)C. The number of anilines is 1. The number of hydrogen-bond donors (Lipinski definition) is 1. The zero-order chi connectivity index (χ0) is 15.8. The summed E-state index contributed by atoms with van der Waals surface area (Å²) in [6.07, 6.45) is 0. The number of benzene rings is 1. The molecule has 0 radical (unpaired) electrons. The highest BCUT2D eigenvalue weighted by atomic mass is 35.5. The number of methoxy groups -OCH3 is 1. The molecule has 1 aromatic carbocycles. The van der Waals surface area contributed by atoms with Crippen molar-refractivity contribution < 1.29 is 4.74 Å². The second-order valence-corrected chi connectivity index (χ2v) is 6.52. The van der Waals surface area contributed by atoms with Gasteiger partial charge in [0.25, 0.3) is 0 Å². The van der Waals surface area contributed by atoms with E-state index in [9.17, 15) is 0 Å². The van der Waals surface area contributed by atoms with Crippen molar-refractivity contribution in [3.8, 4) is 0 Å². The van der Waals surface area contributed by atoms with Crippen LogP contribution >= 0.6 is 11.6 Å². The van der Waals surface area contributed by atoms with Gasteiger partial charge in [0.1, 0.15) is 0 Å². The molecule has 0 saturated heterocycles. The maximum absolute atomic E-state index is 6.18. The lowest BCUT2D eigenvalue weighted by Gasteiger charge is -2.32. The Labute approximate surface area is 134 Å². The molecule has 0 aromatic heterocycles. The van der Waals surface area contributed by atoms with Gasteiger partial charge in [-0.3, -0.25) is 0 Å². The summed E-state index contributed by atoms with van der Waals surface area (Å²) in [5.41, 5.74) is 2.51. The Bertz CT molecular complexity index is 421. The molecule has 0 spiro atoms. The van der Waals surface area contributed by atoms with Gasteiger partial charge in [-0.05, 0) is 43.5 Å². The van der Waals surface area contributed by atoms with Gasteiger partial charge in [-0.2, -0.15) is 0 Å². The van der Waals surface area contributed by atoms with Gasteiger partial charge in [-0.15, -0.1) is 0 Å². The fourth-order valence-electron chi connectivity index (χ4n) is 2.35. The molecule has 1 N–H and O–H groups in total. The zero-order valence-corrected chi connectivity index (χ0v) is 14.7. The van der Waals surface area contributed by atoms with Crippen molar-refractivity contribution in [3.63, 3.8) is 0 Å². The van der Waals surface area contributed by atoms with E-state index in [1.807, 2.05) is 6.07 Å². The van der Waals surface area contributed by atoms with Crippen LogP contribution in [-0.2, 0) is 11.3 Å². The van der Waals surface area contributed by atoms with E-state index >= 15 is 0 Å². The summed E-state index contributed by atoms with van der Waals surface area (Å²) < 4.78 is 5.07. The molecular weight excluding hydrogens is 284 g/mol. The molecule has 0 aliphatic heterocycles. The van der Waals surface area contributed by atoms with E-state index in [4.69, 9.17) is 16.3 Å². The van der Waals surface area contributed by atoms with Gasteiger partial charge < -0.3 is 15.0 Å². The quantitative estimate of drug-likeness (QED) is 0.699. The average molecular weight is 313 g/mol. The van der Waals surface area contributed by atoms with Crippen LogP contribution in [0.4, 0.5) is 5.69 Å². The predicted molar refractivity (Wildman–Crippen MR) is 92.4 cm³/mol. The molecule has 3 nitrogen and oxygen atoms in total. The van der Waals surface area contributed by atoms with Crippen molar-refractivity contribution in [2.45, 2.75) is 40.3 Å². The van der Waals surface area contributed by atoms with E-state index in [0.29, 0.717) is 12.0 Å². The van der Waals surface area contributed by atoms with Crippen LogP contribution in [-0.4, -0.2) is 32.8 Å². The number of halogens is 1. The first kappa shape index (κ1) is 18.3. The van der Waals surface area contributed by atoms with Crippen molar-refractivity contribution in [1.29, 1.82) is 0 Å². The molecular formula is C17H29ClN2O. The van der Waals surface area contributed by atoms with Crippen molar-refractivity contribution in [1.82, 2.24) is 5.32 Å². The zero-order valence-electron chi connectivity index (χ0n) is 13.9. The minimum absolute atomic E-state index is 0.464. The second-order valence-electron chi connectivity index (χ2n) is 6.08. The van der Waals surface area contributed by atoms with Crippen molar-refractivity contribution in [2.75, 3.05) is 31.7 Å². The Morgan fingerprint density at radius 2 is 1.95 bits per heavy atom. The van der Waals surface area contributed by atoms with Gasteiger partial charge in [0, 0.05) is 43.5 Å². The first-order chi connectivity index (χ1) is 9.95. The van der Waals surface area contributed by atoms with E-state index in [0.717, 1.165) is 31.3 Å². The van der Waals surface area contributed by atoms with Gasteiger partial charge in [0.15, 0.2) is 0 Å². The molecule has 0 unspecified atom stereocenters. The highest BCUT2D eigenvalue weighted by Gasteiger charge is 2.16. The average Bonchev–Trinajstić information content (AvgIpc) is 2.41. The van der Waals surface area contributed by atoms with Gasteiger partial charge in [0.05, 0.1) is 6.61 Å². The number of nitrogens with one attached hydrogen (secondary N) is 1. The van der Waals surface area contributed by atoms with Crippen molar-refractivity contribution in [2.24, 2.45) is 5.92 Å². The lowest BCUT2D eigenvalue weighted by Crippen LogP contribution is -2.35. The Morgan fingerprint density at radius 3 is 2.52 bits per heavy atom. The van der Waals surface area contributed by atoms with Crippen molar-refractivity contribution in [3.05, 3.63) is 28.8 Å². The Kier molecular flexibility index (Phi) is 8.09. The Balaban J connectivity index is 2.92. The van der Waals surface area contributed by atoms with Gasteiger partial charge in [-0.1, -0.05) is 25.4 Å². The highest BCUT2D eigenvalue weighted by molar-refractivity contribution is 6.30. The van der Waals surface area contributed by atoms with Crippen LogP contribution < -0.4 is 10.2 Å². The Hall–Kier alpha value is -0.770. The molecule has 21 heavy (non-hydrogen) atoms. The summed E-state index contributed by atoms with van der Waals surface area (Å²) in [4.78, 5) is 2.45. The van der Waals surface area contributed by atoms with Gasteiger partial charge >= 0.3 is 0 Å². The van der Waals surface area contributed by atoms with Gasteiger partial charge in [0.2, 0.25) is 0 Å². The molecule has 0 fully saturated rings. The molecule has 1 rings (SSSR count). The van der Waals surface area contributed by atoms with Crippen LogP contribution in [0.2, 0.25) is 5.02 Å². The van der Waals surface area contributed by atoms with Gasteiger partial charge in [-0.25, -0.2) is 0 Å². The predicted octanol–water partition coefficient (Wildman–Crippen LogP) is 3.95. The standard InChI is InChI=1S/C17H29ClN2O/c1-13(2)12-20(14(3)4)17-7-6-16(18)10-15(17)11-19-8-9-21-5/h6-7,10,13-14,19H,8-9,11-12H2,1-5H3. The van der Waals surface area contributed by atoms with Crippen molar-refractivity contribution >= 4 is 17.3 Å². The summed E-state index contributed by atoms with van der Waals surface area (Å²) in [7, 11) is 1.72. The molecule has 0 aliphatic carbocycles. The van der Waals surface area contributed by atoms with E-state index in [-0.39, 0.29) is 0 Å². The molecule has 1 aromatic rings. The highest BCUT2D eigenvalue weighted by Crippen LogP contribution is 2.27. The second kappa shape index (κ2) is 9.29. The topological polar surface area (TPSA) is 24.5 Å². The Morgan fingerprint density at radius 1 is 1.24 bits per heavy atom. The monoisotopic (exact) mass is 312 g/mol. The van der Waals surface area contributed by atoms with E-state index < -0.39 is 0 Å². The lowest BCUT2D eigenvalue weighted by atomic mass is 10.1. The number of nitrogens with zero attached hydrogens (tertiary/aromatic N) is 1. The fourth-order valence-corrected chi connectivity index (χ4v) is 2.55. The van der Waals surface area contributed by atoms with Crippen LogP contribution in [0.1, 0.15) is 33.3 Å². The largest absolute Gasteiger partial charge is 0.383 e. The third kappa shape index (κ3) is 6.25. The maximum atomic E-state index is 6.18. The molecule has 120 valence electrons. The molecule has 0 amide bonds. The fraction of sp³-hybridized carbons (Fsp3) is 0.647. The number of rotatable bonds is 9. The van der Waals surface area contributed by atoms with E-state index in [2.05, 4.69) is 50.0 Å². The first-order valence-corrected chi connectivity index (χ1v) is 8.08. The lowest BCUT2D eigenvalue weighted by molar-refractivity contribution is 0.199. The summed E-state index contributed by atoms with van der Waals surface area (Å²) >= 11 is 6.18. The summed E-state index contributed by atoms with van der Waals surface area (Å²) in [5, 5.41) is 4.19. The van der Waals surface area contributed by atoms with E-state index in [1.54, 1.807) is 7.11 Å². The first-order valence-electron chi connectivity index (χ1n) is 7.70. The molecule has 0 aliphatic rings. The third-order valence-electron chi connectivity index (χ3n) is 3.33. The molecule has 0 bridgehead atoms. The van der Waals surface area contributed by atoms with Crippen LogP contribution in [0.5, 0.6) is 0 Å². The molecule has 4 heteroatoms. The molecule has 0 heterocycles. The minimum Gasteiger partial charge on any atom is -0.383 e. The summed E-state index contributed by atoms with van der Waals surface area (Å²) in [6, 6.07) is 6.64. The third-order valence-corrected chi connectivity index (χ3v) is 3.57.